The van der Waals surface area contributed by atoms with Crippen LogP contribution >= 0.6 is 11.8 Å². The predicted octanol–water partition coefficient (Wildman–Crippen LogP) is 2.87. The summed E-state index contributed by atoms with van der Waals surface area (Å²) in [5.41, 5.74) is 8.80. The summed E-state index contributed by atoms with van der Waals surface area (Å²) in [6.45, 7) is 4.35. The minimum absolute atomic E-state index is 0.294. The first-order chi connectivity index (χ1) is 7.26. The van der Waals surface area contributed by atoms with Crippen LogP contribution < -0.4 is 5.73 Å². The van der Waals surface area contributed by atoms with Crippen LogP contribution in [-0.2, 0) is 12.8 Å². The topological polar surface area (TPSA) is 26.0 Å². The summed E-state index contributed by atoms with van der Waals surface area (Å²) in [5, 5.41) is 0. The van der Waals surface area contributed by atoms with Gasteiger partial charge < -0.3 is 5.73 Å². The van der Waals surface area contributed by atoms with E-state index in [1.165, 1.54) is 11.1 Å². The van der Waals surface area contributed by atoms with E-state index in [0.717, 1.165) is 24.3 Å². The molecule has 0 aliphatic carbocycles. The van der Waals surface area contributed by atoms with Gasteiger partial charge in [-0.05, 0) is 29.7 Å². The van der Waals surface area contributed by atoms with E-state index < -0.39 is 0 Å². The van der Waals surface area contributed by atoms with Crippen molar-refractivity contribution < 1.29 is 0 Å². The zero-order chi connectivity index (χ0) is 11.1. The Morgan fingerprint density at radius 1 is 1.13 bits per heavy atom. The third kappa shape index (κ3) is 4.72. The number of hydrogen-bond donors (Lipinski definition) is 1. The molecule has 1 nitrogen and oxygen atoms in total. The monoisotopic (exact) mass is 223 g/mol. The Morgan fingerprint density at radius 3 is 2.27 bits per heavy atom. The predicted molar refractivity (Wildman–Crippen MR) is 70.5 cm³/mol. The van der Waals surface area contributed by atoms with Crippen molar-refractivity contribution in [3.05, 3.63) is 35.4 Å². The summed E-state index contributed by atoms with van der Waals surface area (Å²) in [7, 11) is 0. The number of thioether (sulfide) groups is 1. The fraction of sp³-hybridized carbons (Fsp3) is 0.538. The molecule has 1 unspecified atom stereocenters. The third-order valence-corrected chi connectivity index (χ3v) is 3.54. The lowest BCUT2D eigenvalue weighted by Gasteiger charge is -2.10. The molecular weight excluding hydrogens is 202 g/mol. The number of aryl methyl sites for hydroxylation is 1. The van der Waals surface area contributed by atoms with Gasteiger partial charge in [-0.15, -0.1) is 0 Å². The number of benzene rings is 1. The molecular formula is C13H21NS. The van der Waals surface area contributed by atoms with E-state index in [4.69, 9.17) is 5.73 Å². The van der Waals surface area contributed by atoms with Crippen LogP contribution in [0.4, 0.5) is 0 Å². The average Bonchev–Trinajstić information content (AvgIpc) is 2.27. The quantitative estimate of drug-likeness (QED) is 0.802. The van der Waals surface area contributed by atoms with Gasteiger partial charge in [-0.2, -0.15) is 11.8 Å². The first kappa shape index (κ1) is 12.6. The molecule has 0 saturated carbocycles. The van der Waals surface area contributed by atoms with Gasteiger partial charge in [-0.25, -0.2) is 0 Å². The highest BCUT2D eigenvalue weighted by Gasteiger charge is 2.03. The van der Waals surface area contributed by atoms with Gasteiger partial charge in [-0.1, -0.05) is 38.1 Å². The van der Waals surface area contributed by atoms with Crippen molar-refractivity contribution in [2.75, 3.05) is 11.5 Å². The van der Waals surface area contributed by atoms with Gasteiger partial charge in [0, 0.05) is 11.8 Å². The molecule has 1 rings (SSSR count). The fourth-order valence-corrected chi connectivity index (χ4v) is 2.20. The highest BCUT2D eigenvalue weighted by Crippen LogP contribution is 2.09. The van der Waals surface area contributed by atoms with Crippen molar-refractivity contribution in [2.45, 2.75) is 32.7 Å². The summed E-state index contributed by atoms with van der Waals surface area (Å²) >= 11 is 1.92. The van der Waals surface area contributed by atoms with Crippen LogP contribution in [0.25, 0.3) is 0 Å². The highest BCUT2D eigenvalue weighted by molar-refractivity contribution is 7.99. The molecule has 0 saturated heterocycles. The molecule has 1 aromatic carbocycles. The minimum Gasteiger partial charge on any atom is -0.327 e. The van der Waals surface area contributed by atoms with Crippen molar-refractivity contribution in [2.24, 2.45) is 5.73 Å². The maximum atomic E-state index is 6.04. The van der Waals surface area contributed by atoms with E-state index >= 15 is 0 Å². The van der Waals surface area contributed by atoms with Gasteiger partial charge in [0.15, 0.2) is 0 Å². The molecule has 84 valence electrons. The molecule has 0 amide bonds. The third-order valence-electron chi connectivity index (χ3n) is 2.47. The second-order valence-electron chi connectivity index (χ2n) is 3.79. The molecule has 1 aromatic rings. The molecule has 0 aliphatic rings. The normalized spacial score (nSPS) is 12.7. The Labute approximate surface area is 97.4 Å². The molecule has 2 heteroatoms. The van der Waals surface area contributed by atoms with E-state index in [-0.39, 0.29) is 0 Å². The summed E-state index contributed by atoms with van der Waals surface area (Å²) in [5.74, 6) is 2.22. The summed E-state index contributed by atoms with van der Waals surface area (Å²) < 4.78 is 0. The van der Waals surface area contributed by atoms with Gasteiger partial charge in [0.1, 0.15) is 0 Å². The van der Waals surface area contributed by atoms with E-state index in [1.807, 2.05) is 11.8 Å². The van der Waals surface area contributed by atoms with Crippen molar-refractivity contribution in [3.8, 4) is 0 Å². The van der Waals surface area contributed by atoms with Gasteiger partial charge >= 0.3 is 0 Å². The van der Waals surface area contributed by atoms with E-state index in [0.29, 0.717) is 6.04 Å². The van der Waals surface area contributed by atoms with Gasteiger partial charge in [0.2, 0.25) is 0 Å². The highest BCUT2D eigenvalue weighted by atomic mass is 32.2. The average molecular weight is 223 g/mol. The van der Waals surface area contributed by atoms with Crippen LogP contribution in [0.1, 0.15) is 25.0 Å². The molecule has 0 aromatic heterocycles. The second kappa shape index (κ2) is 6.91. The Kier molecular flexibility index (Phi) is 5.81. The Morgan fingerprint density at radius 2 is 1.73 bits per heavy atom. The Hall–Kier alpha value is -0.470. The van der Waals surface area contributed by atoms with Crippen LogP contribution in [0, 0.1) is 0 Å². The largest absolute Gasteiger partial charge is 0.327 e. The van der Waals surface area contributed by atoms with Crippen LogP contribution in [-0.4, -0.2) is 17.5 Å². The zero-order valence-corrected chi connectivity index (χ0v) is 10.5. The molecule has 0 aliphatic heterocycles. The van der Waals surface area contributed by atoms with Crippen LogP contribution in [0.2, 0.25) is 0 Å². The molecule has 1 atom stereocenters. The first-order valence-corrected chi connectivity index (χ1v) is 6.82. The van der Waals surface area contributed by atoms with Crippen molar-refractivity contribution in [1.82, 2.24) is 0 Å². The molecule has 0 fully saturated rings. The van der Waals surface area contributed by atoms with Gasteiger partial charge in [0.25, 0.3) is 0 Å². The second-order valence-corrected chi connectivity index (χ2v) is 5.11. The Bertz CT molecular complexity index is 268. The summed E-state index contributed by atoms with van der Waals surface area (Å²) in [6, 6.07) is 9.11. The number of hydrogen-bond acceptors (Lipinski definition) is 2. The standard InChI is InChI=1S/C13H21NS/c1-3-11-5-7-12(8-6-11)9-13(14)10-15-4-2/h5-8,13H,3-4,9-10,14H2,1-2H3. The lowest BCUT2D eigenvalue weighted by Crippen LogP contribution is -2.25. The SMILES string of the molecule is CCSCC(N)Cc1ccc(CC)cc1. The summed E-state index contributed by atoms with van der Waals surface area (Å²) in [4.78, 5) is 0. The lowest BCUT2D eigenvalue weighted by atomic mass is 10.0. The van der Waals surface area contributed by atoms with Crippen molar-refractivity contribution >= 4 is 11.8 Å². The van der Waals surface area contributed by atoms with Crippen LogP contribution in [0.15, 0.2) is 24.3 Å². The molecule has 0 spiro atoms. The van der Waals surface area contributed by atoms with Gasteiger partial charge in [0.05, 0.1) is 0 Å². The van der Waals surface area contributed by atoms with Crippen molar-refractivity contribution in [3.63, 3.8) is 0 Å². The number of nitrogens with two attached hydrogens (primary N) is 1. The van der Waals surface area contributed by atoms with E-state index in [2.05, 4.69) is 38.1 Å². The summed E-state index contributed by atoms with van der Waals surface area (Å²) in [6.07, 6.45) is 2.11. The molecule has 0 heterocycles. The van der Waals surface area contributed by atoms with E-state index in [9.17, 15) is 0 Å². The maximum absolute atomic E-state index is 6.04. The first-order valence-electron chi connectivity index (χ1n) is 5.67. The minimum atomic E-state index is 0.294. The van der Waals surface area contributed by atoms with Gasteiger partial charge in [-0.3, -0.25) is 0 Å². The molecule has 0 radical (unpaired) electrons. The molecule has 2 N–H and O–H groups in total. The smallest absolute Gasteiger partial charge is 0.0171 e. The Balaban J connectivity index is 2.42. The van der Waals surface area contributed by atoms with Crippen LogP contribution in [0.5, 0.6) is 0 Å². The molecule has 15 heavy (non-hydrogen) atoms. The maximum Gasteiger partial charge on any atom is 0.0171 e. The van der Waals surface area contributed by atoms with Crippen LogP contribution in [0.3, 0.4) is 0 Å². The number of rotatable bonds is 6. The van der Waals surface area contributed by atoms with Crippen molar-refractivity contribution in [1.29, 1.82) is 0 Å². The fourth-order valence-electron chi connectivity index (χ4n) is 1.54. The lowest BCUT2D eigenvalue weighted by molar-refractivity contribution is 0.748. The van der Waals surface area contributed by atoms with E-state index in [1.54, 1.807) is 0 Å². The zero-order valence-electron chi connectivity index (χ0n) is 9.70. The molecule has 0 bridgehead atoms.